The lowest BCUT2D eigenvalue weighted by atomic mass is 10.2. The van der Waals surface area contributed by atoms with Gasteiger partial charge in [-0.2, -0.15) is 10.4 Å². The van der Waals surface area contributed by atoms with Crippen molar-refractivity contribution in [3.8, 4) is 6.07 Å². The summed E-state index contributed by atoms with van der Waals surface area (Å²) in [6.45, 7) is 1.91. The van der Waals surface area contributed by atoms with E-state index in [1.807, 2.05) is 18.2 Å². The Bertz CT molecular complexity index is 1520. The molecule has 1 saturated heterocycles. The highest BCUT2D eigenvalue weighted by molar-refractivity contribution is 7.90. The predicted octanol–water partition coefficient (Wildman–Crippen LogP) is 3.89. The fourth-order valence-corrected chi connectivity index (χ4v) is 4.73. The van der Waals surface area contributed by atoms with Crippen LogP contribution in [-0.2, 0) is 10.0 Å². The van der Waals surface area contributed by atoms with Crippen LogP contribution >= 0.6 is 0 Å². The molecule has 1 N–H and O–H groups in total. The van der Waals surface area contributed by atoms with E-state index in [0.29, 0.717) is 5.52 Å². The van der Waals surface area contributed by atoms with Crippen LogP contribution in [0, 0.1) is 23.0 Å². The summed E-state index contributed by atoms with van der Waals surface area (Å²) < 4.78 is 52.5. The number of rotatable bonds is 4. The van der Waals surface area contributed by atoms with Crippen LogP contribution in [0.4, 0.5) is 14.5 Å². The average molecular weight is 510 g/mol. The fraction of sp³-hybridized carbons (Fsp3) is 0.160. The average Bonchev–Trinajstić information content (AvgIpc) is 3.56. The van der Waals surface area contributed by atoms with Crippen LogP contribution < -0.4 is 9.62 Å². The zero-order chi connectivity index (χ0) is 25.7. The SMILES string of the molecule is Fc1ccc(F)cc1.N#Cc1cccc(S(=O)(=O)NC(=O)c2cnn3ccc(N4CCCC4)cc23)c1. The molecule has 0 spiro atoms. The second-order valence-electron chi connectivity index (χ2n) is 7.98. The van der Waals surface area contributed by atoms with Crippen LogP contribution in [0.1, 0.15) is 28.8 Å². The molecular formula is C25H21F2N5O3S. The first kappa shape index (κ1) is 24.8. The summed E-state index contributed by atoms with van der Waals surface area (Å²) in [5.41, 5.74) is 1.87. The fourth-order valence-electron chi connectivity index (χ4n) is 3.71. The van der Waals surface area contributed by atoms with Gasteiger partial charge in [-0.1, -0.05) is 6.07 Å². The van der Waals surface area contributed by atoms with E-state index >= 15 is 0 Å². The lowest BCUT2D eigenvalue weighted by molar-refractivity contribution is 0.0983. The summed E-state index contributed by atoms with van der Waals surface area (Å²) in [5.74, 6) is -1.59. The Labute approximate surface area is 206 Å². The van der Waals surface area contributed by atoms with Crippen LogP contribution in [0.25, 0.3) is 5.52 Å². The van der Waals surface area contributed by atoms with Gasteiger partial charge in [0.15, 0.2) is 0 Å². The summed E-state index contributed by atoms with van der Waals surface area (Å²) in [7, 11) is -4.11. The molecule has 4 aromatic rings. The number of hydrogen-bond acceptors (Lipinski definition) is 6. The normalized spacial score (nSPS) is 13.1. The minimum atomic E-state index is -4.11. The number of halogens is 2. The second-order valence-corrected chi connectivity index (χ2v) is 9.66. The van der Waals surface area contributed by atoms with E-state index in [9.17, 15) is 22.0 Å². The molecule has 36 heavy (non-hydrogen) atoms. The molecule has 0 bridgehead atoms. The minimum absolute atomic E-state index is 0.144. The van der Waals surface area contributed by atoms with Crippen molar-refractivity contribution in [1.29, 1.82) is 5.26 Å². The maximum Gasteiger partial charge on any atom is 0.268 e. The van der Waals surface area contributed by atoms with Crippen LogP contribution in [0.2, 0.25) is 0 Å². The third-order valence-electron chi connectivity index (χ3n) is 5.52. The van der Waals surface area contributed by atoms with E-state index in [1.165, 1.54) is 35.0 Å². The molecule has 1 aliphatic rings. The van der Waals surface area contributed by atoms with Crippen LogP contribution in [0.15, 0.2) is 78.0 Å². The molecule has 0 radical (unpaired) electrons. The topological polar surface area (TPSA) is 108 Å². The van der Waals surface area contributed by atoms with Crippen LogP contribution in [-0.4, -0.2) is 37.0 Å². The Balaban J connectivity index is 0.000000325. The number of sulfonamides is 1. The first-order valence-corrected chi connectivity index (χ1v) is 12.5. The number of nitriles is 1. The number of nitrogens with zero attached hydrogens (tertiary/aromatic N) is 4. The summed E-state index contributed by atoms with van der Waals surface area (Å²) in [4.78, 5) is 14.8. The molecule has 3 heterocycles. The summed E-state index contributed by atoms with van der Waals surface area (Å²) in [6.07, 6.45) is 5.35. The molecule has 5 rings (SSSR count). The van der Waals surface area contributed by atoms with Crippen LogP contribution in [0.3, 0.4) is 0 Å². The Morgan fingerprint density at radius 3 is 2.31 bits per heavy atom. The number of fused-ring (bicyclic) bond motifs is 1. The molecule has 8 nitrogen and oxygen atoms in total. The van der Waals surface area contributed by atoms with Crippen molar-refractivity contribution in [3.63, 3.8) is 0 Å². The Morgan fingerprint density at radius 1 is 1.00 bits per heavy atom. The van der Waals surface area contributed by atoms with Gasteiger partial charge in [0.25, 0.3) is 15.9 Å². The van der Waals surface area contributed by atoms with Gasteiger partial charge in [-0.3, -0.25) is 4.79 Å². The molecule has 1 aliphatic heterocycles. The predicted molar refractivity (Wildman–Crippen MR) is 129 cm³/mol. The van der Waals surface area contributed by atoms with Gasteiger partial charge in [0.05, 0.1) is 33.8 Å². The third kappa shape index (κ3) is 5.67. The molecule has 2 aromatic carbocycles. The number of hydrogen-bond donors (Lipinski definition) is 1. The van der Waals surface area contributed by atoms with Gasteiger partial charge in [0.2, 0.25) is 0 Å². The summed E-state index contributed by atoms with van der Waals surface area (Å²) in [5, 5.41) is 13.1. The van der Waals surface area contributed by atoms with Gasteiger partial charge < -0.3 is 4.90 Å². The molecule has 184 valence electrons. The zero-order valence-corrected chi connectivity index (χ0v) is 19.8. The molecule has 11 heteroatoms. The van der Waals surface area contributed by atoms with E-state index < -0.39 is 27.6 Å². The lowest BCUT2D eigenvalue weighted by Crippen LogP contribution is -2.30. The molecule has 0 aliphatic carbocycles. The Hall–Kier alpha value is -4.30. The van der Waals surface area contributed by atoms with Crippen molar-refractivity contribution in [2.24, 2.45) is 0 Å². The second kappa shape index (κ2) is 10.5. The monoisotopic (exact) mass is 509 g/mol. The summed E-state index contributed by atoms with van der Waals surface area (Å²) >= 11 is 0. The number of aromatic nitrogens is 2. The highest BCUT2D eigenvalue weighted by atomic mass is 32.2. The Kier molecular flexibility index (Phi) is 7.26. The molecule has 1 amide bonds. The third-order valence-corrected chi connectivity index (χ3v) is 6.85. The smallest absolute Gasteiger partial charge is 0.268 e. The quantitative estimate of drug-likeness (QED) is 0.447. The van der Waals surface area contributed by atoms with Crippen molar-refractivity contribution in [3.05, 3.63) is 95.8 Å². The van der Waals surface area contributed by atoms with Gasteiger partial charge in [0, 0.05) is 25.0 Å². The van der Waals surface area contributed by atoms with E-state index in [1.54, 1.807) is 6.20 Å². The number of amides is 1. The van der Waals surface area contributed by atoms with Crippen LogP contribution in [0.5, 0.6) is 0 Å². The van der Waals surface area contributed by atoms with E-state index in [4.69, 9.17) is 5.26 Å². The molecule has 0 saturated carbocycles. The largest absolute Gasteiger partial charge is 0.371 e. The first-order valence-electron chi connectivity index (χ1n) is 11.0. The number of pyridine rings is 1. The maximum absolute atomic E-state index is 12.7. The molecular weight excluding hydrogens is 488 g/mol. The van der Waals surface area contributed by atoms with E-state index in [0.717, 1.165) is 55.9 Å². The van der Waals surface area contributed by atoms with Gasteiger partial charge >= 0.3 is 0 Å². The van der Waals surface area contributed by atoms with Gasteiger partial charge in [-0.15, -0.1) is 0 Å². The van der Waals surface area contributed by atoms with Crippen molar-refractivity contribution >= 4 is 27.1 Å². The number of nitrogens with one attached hydrogen (secondary N) is 1. The lowest BCUT2D eigenvalue weighted by Gasteiger charge is -2.17. The number of carbonyl (C=O) groups is 1. The number of anilines is 1. The number of benzene rings is 2. The molecule has 0 atom stereocenters. The van der Waals surface area contributed by atoms with Crippen molar-refractivity contribution in [1.82, 2.24) is 14.3 Å². The first-order chi connectivity index (χ1) is 17.3. The Morgan fingerprint density at radius 2 is 1.67 bits per heavy atom. The highest BCUT2D eigenvalue weighted by Crippen LogP contribution is 2.23. The van der Waals surface area contributed by atoms with E-state index in [-0.39, 0.29) is 16.0 Å². The number of carbonyl (C=O) groups excluding carboxylic acids is 1. The minimum Gasteiger partial charge on any atom is -0.371 e. The standard InChI is InChI=1S/C19H17N5O3S.C6H4F2/c20-12-14-4-3-5-16(10-14)28(26,27)22-19(25)17-13-21-24-9-6-15(11-18(17)24)23-7-1-2-8-23;7-5-1-2-6(8)4-3-5/h3-6,9-11,13H,1-2,7-8H2,(H,22,25);1-4H. The van der Waals surface area contributed by atoms with Gasteiger partial charge in [-0.05, 0) is 67.4 Å². The van der Waals surface area contributed by atoms with Crippen molar-refractivity contribution in [2.45, 2.75) is 17.7 Å². The zero-order valence-electron chi connectivity index (χ0n) is 18.9. The van der Waals surface area contributed by atoms with E-state index in [2.05, 4.69) is 14.7 Å². The molecule has 2 aromatic heterocycles. The van der Waals surface area contributed by atoms with Crippen molar-refractivity contribution < 1.29 is 22.0 Å². The summed E-state index contributed by atoms with van der Waals surface area (Å²) in [6, 6.07) is 15.5. The molecule has 0 unspecified atom stereocenters. The van der Waals surface area contributed by atoms with Gasteiger partial charge in [0.1, 0.15) is 11.6 Å². The van der Waals surface area contributed by atoms with Gasteiger partial charge in [-0.25, -0.2) is 26.4 Å². The molecule has 1 fully saturated rings. The van der Waals surface area contributed by atoms with Crippen molar-refractivity contribution in [2.75, 3.05) is 18.0 Å². The highest BCUT2D eigenvalue weighted by Gasteiger charge is 2.22. The maximum atomic E-state index is 12.7.